The molecule has 1 amide bonds. The summed E-state index contributed by atoms with van der Waals surface area (Å²) < 4.78 is 18.2. The van der Waals surface area contributed by atoms with E-state index in [-0.39, 0.29) is 36.4 Å². The number of nitrogens with one attached hydrogen (secondary N) is 1. The third kappa shape index (κ3) is 4.38. The lowest BCUT2D eigenvalue weighted by molar-refractivity contribution is -0.115. The number of hydrogen-bond acceptors (Lipinski definition) is 9. The van der Waals surface area contributed by atoms with Crippen LogP contribution in [0.25, 0.3) is 21.9 Å². The van der Waals surface area contributed by atoms with Crippen molar-refractivity contribution in [2.75, 3.05) is 26.1 Å². The van der Waals surface area contributed by atoms with E-state index in [0.717, 1.165) is 29.3 Å². The van der Waals surface area contributed by atoms with E-state index in [4.69, 9.17) is 19.2 Å². The average Bonchev–Trinajstić information content (AvgIpc) is 3.26. The molecule has 1 aliphatic heterocycles. The maximum Gasteiger partial charge on any atom is 0.319 e. The van der Waals surface area contributed by atoms with Gasteiger partial charge in [-0.05, 0) is 38.0 Å². The van der Waals surface area contributed by atoms with Crippen molar-refractivity contribution in [2.24, 2.45) is 0 Å². The third-order valence-corrected chi connectivity index (χ3v) is 6.24. The molecule has 1 saturated heterocycles. The van der Waals surface area contributed by atoms with Gasteiger partial charge in [0, 0.05) is 18.0 Å². The molecule has 2 atom stereocenters. The van der Waals surface area contributed by atoms with Crippen LogP contribution >= 0.6 is 0 Å². The first kappa shape index (κ1) is 23.4. The quantitative estimate of drug-likeness (QED) is 0.435. The maximum atomic E-state index is 13.2. The Kier molecular flexibility index (Phi) is 6.35. The number of benzene rings is 1. The summed E-state index contributed by atoms with van der Waals surface area (Å²) in [7, 11) is 2.91. The van der Waals surface area contributed by atoms with Crippen molar-refractivity contribution < 1.29 is 19.0 Å². The number of pyridine rings is 1. The number of amides is 1. The number of nitriles is 1. The molecule has 3 aromatic heterocycles. The molecule has 11 heteroatoms. The van der Waals surface area contributed by atoms with Crippen LogP contribution < -0.4 is 14.8 Å². The van der Waals surface area contributed by atoms with Gasteiger partial charge >= 0.3 is 6.01 Å². The molecule has 1 aromatic carbocycles. The summed E-state index contributed by atoms with van der Waals surface area (Å²) in [4.78, 5) is 30.7. The number of methoxy groups -OCH3 is 2. The summed E-state index contributed by atoms with van der Waals surface area (Å²) in [5, 5.41) is 13.1. The summed E-state index contributed by atoms with van der Waals surface area (Å²) in [6.07, 6.45) is 4.80. The summed E-state index contributed by atoms with van der Waals surface area (Å²) in [5.41, 5.74) is 3.17. The van der Waals surface area contributed by atoms with Gasteiger partial charge in [0.05, 0.1) is 61.8 Å². The second-order valence-corrected chi connectivity index (χ2v) is 8.60. The van der Waals surface area contributed by atoms with Crippen molar-refractivity contribution in [3.8, 4) is 18.0 Å². The molecule has 1 fully saturated rings. The van der Waals surface area contributed by atoms with E-state index in [1.54, 1.807) is 12.3 Å². The second kappa shape index (κ2) is 9.75. The summed E-state index contributed by atoms with van der Waals surface area (Å²) in [5.74, 6) is 0.501. The minimum absolute atomic E-state index is 0.00896. The van der Waals surface area contributed by atoms with E-state index in [9.17, 15) is 10.1 Å². The van der Waals surface area contributed by atoms with Gasteiger partial charge in [-0.3, -0.25) is 9.78 Å². The zero-order chi connectivity index (χ0) is 25.2. The fraction of sp³-hybridized carbons (Fsp3) is 0.360. The van der Waals surface area contributed by atoms with E-state index in [2.05, 4.69) is 30.9 Å². The first-order valence-electron chi connectivity index (χ1n) is 11.6. The highest BCUT2D eigenvalue weighted by atomic mass is 16.5. The predicted molar refractivity (Wildman–Crippen MR) is 131 cm³/mol. The Bertz CT molecular complexity index is 1490. The zero-order valence-corrected chi connectivity index (χ0v) is 20.2. The number of rotatable bonds is 6. The average molecular weight is 488 g/mol. The molecule has 1 aliphatic rings. The number of carbonyl (C=O) groups is 1. The molecule has 4 aromatic rings. The second-order valence-electron chi connectivity index (χ2n) is 8.60. The van der Waals surface area contributed by atoms with Crippen LogP contribution in [0.15, 0.2) is 30.6 Å². The van der Waals surface area contributed by atoms with Crippen LogP contribution in [0, 0.1) is 11.3 Å². The van der Waals surface area contributed by atoms with Gasteiger partial charge in [-0.15, -0.1) is 0 Å². The van der Waals surface area contributed by atoms with Gasteiger partial charge in [0.2, 0.25) is 11.8 Å². The van der Waals surface area contributed by atoms with Crippen molar-refractivity contribution >= 4 is 33.5 Å². The van der Waals surface area contributed by atoms with Crippen molar-refractivity contribution in [3.05, 3.63) is 42.0 Å². The number of aromatic nitrogens is 5. The Labute approximate surface area is 207 Å². The van der Waals surface area contributed by atoms with Gasteiger partial charge in [0.25, 0.3) is 0 Å². The van der Waals surface area contributed by atoms with Crippen molar-refractivity contribution in [1.29, 1.82) is 5.26 Å². The standard InChI is InChI=1S/C25H25N7O4/c1-14-8-16(6-7-36-14)32-21(10-22(33)30-20-13-28-25(35-3)31-24(20)34-2)29-19-12-27-18-5-4-15(11-26)9-17(18)23(19)32/h4-5,9,12-14,16H,6-8,10H2,1-3H3,(H,30,33)/t14-,16-/m1/s1. The number of imidazole rings is 1. The van der Waals surface area contributed by atoms with E-state index in [1.165, 1.54) is 20.4 Å². The van der Waals surface area contributed by atoms with Crippen molar-refractivity contribution in [1.82, 2.24) is 24.5 Å². The maximum absolute atomic E-state index is 13.2. The molecule has 11 nitrogen and oxygen atoms in total. The topological polar surface area (TPSA) is 137 Å². The molecule has 0 spiro atoms. The molecular formula is C25H25N7O4. The Morgan fingerprint density at radius 1 is 1.22 bits per heavy atom. The van der Waals surface area contributed by atoms with Crippen molar-refractivity contribution in [2.45, 2.75) is 38.3 Å². The highest BCUT2D eigenvalue weighted by Gasteiger charge is 2.27. The van der Waals surface area contributed by atoms with Crippen LogP contribution in [0.1, 0.15) is 37.2 Å². The van der Waals surface area contributed by atoms with Crippen LogP contribution in [0.3, 0.4) is 0 Å². The van der Waals surface area contributed by atoms with Crippen LogP contribution in [0.2, 0.25) is 0 Å². The SMILES string of the molecule is COc1ncc(NC(=O)Cc2nc3cnc4ccc(C#N)cc4c3n2[C@@H]2CCO[C@H](C)C2)c(OC)n1. The van der Waals surface area contributed by atoms with Crippen LogP contribution in [-0.4, -0.2) is 57.3 Å². The summed E-state index contributed by atoms with van der Waals surface area (Å²) in [6, 6.07) is 7.83. The predicted octanol–water partition coefficient (Wildman–Crippen LogP) is 3.18. The molecule has 0 bridgehead atoms. The van der Waals surface area contributed by atoms with Crippen LogP contribution in [-0.2, 0) is 16.0 Å². The van der Waals surface area contributed by atoms with E-state index in [0.29, 0.717) is 29.2 Å². The Balaban J connectivity index is 1.57. The number of anilines is 1. The first-order valence-corrected chi connectivity index (χ1v) is 11.6. The molecular weight excluding hydrogens is 462 g/mol. The third-order valence-electron chi connectivity index (χ3n) is 6.24. The Morgan fingerprint density at radius 2 is 2.08 bits per heavy atom. The van der Waals surface area contributed by atoms with Gasteiger partial charge in [-0.2, -0.15) is 10.2 Å². The minimum atomic E-state index is -0.297. The summed E-state index contributed by atoms with van der Waals surface area (Å²) in [6.45, 7) is 2.66. The molecule has 0 unspecified atom stereocenters. The highest BCUT2D eigenvalue weighted by molar-refractivity contribution is 6.03. The molecule has 0 radical (unpaired) electrons. The Hall–Kier alpha value is -4.30. The molecule has 0 aliphatic carbocycles. The number of carbonyl (C=O) groups excluding carboxylic acids is 1. The molecule has 36 heavy (non-hydrogen) atoms. The number of ether oxygens (including phenoxy) is 3. The minimum Gasteiger partial charge on any atom is -0.479 e. The van der Waals surface area contributed by atoms with Crippen LogP contribution in [0.4, 0.5) is 5.69 Å². The number of fused-ring (bicyclic) bond motifs is 3. The number of hydrogen-bond donors (Lipinski definition) is 1. The Morgan fingerprint density at radius 3 is 2.83 bits per heavy atom. The van der Waals surface area contributed by atoms with Crippen LogP contribution in [0.5, 0.6) is 11.9 Å². The summed E-state index contributed by atoms with van der Waals surface area (Å²) >= 11 is 0. The lowest BCUT2D eigenvalue weighted by Gasteiger charge is -2.30. The molecule has 4 heterocycles. The lowest BCUT2D eigenvalue weighted by atomic mass is 10.0. The number of nitrogens with zero attached hydrogens (tertiary/aromatic N) is 6. The smallest absolute Gasteiger partial charge is 0.319 e. The molecule has 184 valence electrons. The molecule has 0 saturated carbocycles. The first-order chi connectivity index (χ1) is 17.5. The van der Waals surface area contributed by atoms with Gasteiger partial charge in [-0.25, -0.2) is 9.97 Å². The zero-order valence-electron chi connectivity index (χ0n) is 20.2. The fourth-order valence-corrected chi connectivity index (χ4v) is 4.65. The normalized spacial score (nSPS) is 17.6. The highest BCUT2D eigenvalue weighted by Crippen LogP contribution is 2.34. The van der Waals surface area contributed by atoms with Gasteiger partial charge in [0.15, 0.2) is 0 Å². The monoisotopic (exact) mass is 487 g/mol. The fourth-order valence-electron chi connectivity index (χ4n) is 4.65. The lowest BCUT2D eigenvalue weighted by Crippen LogP contribution is -2.27. The van der Waals surface area contributed by atoms with E-state index >= 15 is 0 Å². The van der Waals surface area contributed by atoms with E-state index < -0.39 is 0 Å². The molecule has 5 rings (SSSR count). The van der Waals surface area contributed by atoms with E-state index in [1.807, 2.05) is 19.1 Å². The van der Waals surface area contributed by atoms with Crippen molar-refractivity contribution in [3.63, 3.8) is 0 Å². The molecule has 1 N–H and O–H groups in total. The van der Waals surface area contributed by atoms with Gasteiger partial charge in [-0.1, -0.05) is 0 Å². The van der Waals surface area contributed by atoms with Gasteiger partial charge in [0.1, 0.15) is 17.0 Å². The largest absolute Gasteiger partial charge is 0.479 e. The van der Waals surface area contributed by atoms with Gasteiger partial charge < -0.3 is 24.1 Å².